The molecule has 52 valence electrons. The highest BCUT2D eigenvalue weighted by molar-refractivity contribution is 7.81. The van der Waals surface area contributed by atoms with Crippen LogP contribution >= 0.6 is 12.6 Å². The van der Waals surface area contributed by atoms with E-state index in [-0.39, 0.29) is 0 Å². The predicted octanol–water partition coefficient (Wildman–Crippen LogP) is 2.49. The van der Waals surface area contributed by atoms with Crippen LogP contribution in [0.4, 0.5) is 0 Å². The fourth-order valence-electron chi connectivity index (χ4n) is 2.58. The summed E-state index contributed by atoms with van der Waals surface area (Å²) < 4.78 is 0.406. The zero-order valence-electron chi connectivity index (χ0n) is 5.93. The van der Waals surface area contributed by atoms with E-state index in [4.69, 9.17) is 0 Å². The molecule has 0 amide bonds. The van der Waals surface area contributed by atoms with E-state index in [2.05, 4.69) is 19.6 Å². The van der Waals surface area contributed by atoms with Gasteiger partial charge in [-0.3, -0.25) is 0 Å². The third-order valence-corrected chi connectivity index (χ3v) is 3.67. The summed E-state index contributed by atoms with van der Waals surface area (Å²) in [6, 6.07) is 0. The number of thiol groups is 1. The van der Waals surface area contributed by atoms with Crippen molar-refractivity contribution in [1.82, 2.24) is 0 Å². The molecular weight excluding hydrogens is 128 g/mol. The zero-order chi connectivity index (χ0) is 6.48. The van der Waals surface area contributed by atoms with Crippen LogP contribution in [0.1, 0.15) is 32.6 Å². The van der Waals surface area contributed by atoms with Crippen molar-refractivity contribution in [1.29, 1.82) is 0 Å². The van der Waals surface area contributed by atoms with Crippen molar-refractivity contribution < 1.29 is 0 Å². The highest BCUT2D eigenvalue weighted by atomic mass is 32.1. The average Bonchev–Trinajstić information content (AvgIpc) is 2.19. The topological polar surface area (TPSA) is 0 Å². The van der Waals surface area contributed by atoms with Gasteiger partial charge in [0, 0.05) is 4.75 Å². The van der Waals surface area contributed by atoms with Crippen LogP contribution in [0.15, 0.2) is 0 Å². The normalized spacial score (nSPS) is 56.7. The molecule has 0 aromatic heterocycles. The van der Waals surface area contributed by atoms with Crippen LogP contribution in [0.3, 0.4) is 0 Å². The lowest BCUT2D eigenvalue weighted by molar-refractivity contribution is 0.401. The monoisotopic (exact) mass is 142 g/mol. The van der Waals surface area contributed by atoms with Crippen LogP contribution in [0, 0.1) is 11.8 Å². The van der Waals surface area contributed by atoms with Gasteiger partial charge in [-0.15, -0.1) is 0 Å². The fourth-order valence-corrected chi connectivity index (χ4v) is 3.07. The predicted molar refractivity (Wildman–Crippen MR) is 42.8 cm³/mol. The van der Waals surface area contributed by atoms with Crippen molar-refractivity contribution in [3.8, 4) is 0 Å². The lowest BCUT2D eigenvalue weighted by atomic mass is 9.90. The van der Waals surface area contributed by atoms with Gasteiger partial charge in [0.15, 0.2) is 0 Å². The summed E-state index contributed by atoms with van der Waals surface area (Å²) in [6.07, 6.45) is 5.78. The Hall–Kier alpha value is 0.350. The van der Waals surface area contributed by atoms with E-state index in [0.717, 1.165) is 11.8 Å². The molecule has 0 spiro atoms. The summed E-state index contributed by atoms with van der Waals surface area (Å²) in [5.74, 6) is 1.99. The first-order valence-electron chi connectivity index (χ1n) is 3.91. The molecule has 3 atom stereocenters. The first-order chi connectivity index (χ1) is 4.18. The average molecular weight is 142 g/mol. The molecule has 2 saturated carbocycles. The Morgan fingerprint density at radius 2 is 2.22 bits per heavy atom. The molecule has 0 aromatic carbocycles. The van der Waals surface area contributed by atoms with Gasteiger partial charge in [-0.05, 0) is 31.1 Å². The molecule has 0 N–H and O–H groups in total. The van der Waals surface area contributed by atoms with Gasteiger partial charge in [-0.1, -0.05) is 13.3 Å². The largest absolute Gasteiger partial charge is 0.172 e. The Kier molecular flexibility index (Phi) is 1.14. The summed E-state index contributed by atoms with van der Waals surface area (Å²) >= 11 is 4.65. The van der Waals surface area contributed by atoms with E-state index in [9.17, 15) is 0 Å². The first-order valence-corrected chi connectivity index (χ1v) is 4.35. The maximum absolute atomic E-state index is 4.65. The molecule has 2 rings (SSSR count). The van der Waals surface area contributed by atoms with Crippen LogP contribution in [-0.4, -0.2) is 4.75 Å². The number of hydrogen-bond acceptors (Lipinski definition) is 1. The van der Waals surface area contributed by atoms with Crippen molar-refractivity contribution in [3.63, 3.8) is 0 Å². The summed E-state index contributed by atoms with van der Waals surface area (Å²) in [5, 5.41) is 0. The molecule has 2 fully saturated rings. The second-order valence-corrected chi connectivity index (χ2v) is 4.96. The fraction of sp³-hybridized carbons (Fsp3) is 1.00. The van der Waals surface area contributed by atoms with Crippen molar-refractivity contribution in [3.05, 3.63) is 0 Å². The van der Waals surface area contributed by atoms with Gasteiger partial charge in [0.05, 0.1) is 0 Å². The van der Waals surface area contributed by atoms with Gasteiger partial charge >= 0.3 is 0 Å². The molecule has 9 heavy (non-hydrogen) atoms. The van der Waals surface area contributed by atoms with E-state index in [1.165, 1.54) is 25.7 Å². The smallest absolute Gasteiger partial charge is 0.0132 e. The summed E-state index contributed by atoms with van der Waals surface area (Å²) in [4.78, 5) is 0. The molecule has 2 bridgehead atoms. The van der Waals surface area contributed by atoms with Gasteiger partial charge in [-0.2, -0.15) is 12.6 Å². The minimum atomic E-state index is 0.406. The van der Waals surface area contributed by atoms with Gasteiger partial charge < -0.3 is 0 Å². The molecule has 0 radical (unpaired) electrons. The van der Waals surface area contributed by atoms with E-state index >= 15 is 0 Å². The summed E-state index contributed by atoms with van der Waals surface area (Å²) in [5.41, 5.74) is 0. The van der Waals surface area contributed by atoms with Crippen LogP contribution in [0.25, 0.3) is 0 Å². The van der Waals surface area contributed by atoms with Crippen molar-refractivity contribution in [2.24, 2.45) is 11.8 Å². The highest BCUT2D eigenvalue weighted by Gasteiger charge is 2.45. The third-order valence-electron chi connectivity index (χ3n) is 3.12. The minimum absolute atomic E-state index is 0.406. The Labute approximate surface area is 62.4 Å². The van der Waals surface area contributed by atoms with Crippen LogP contribution in [0.5, 0.6) is 0 Å². The van der Waals surface area contributed by atoms with E-state index in [0.29, 0.717) is 4.75 Å². The van der Waals surface area contributed by atoms with Crippen molar-refractivity contribution in [2.75, 3.05) is 0 Å². The van der Waals surface area contributed by atoms with E-state index in [1.54, 1.807) is 0 Å². The second-order valence-electron chi connectivity index (χ2n) is 3.94. The molecule has 0 saturated heterocycles. The van der Waals surface area contributed by atoms with Gasteiger partial charge in [0.25, 0.3) is 0 Å². The van der Waals surface area contributed by atoms with Gasteiger partial charge in [0.2, 0.25) is 0 Å². The Morgan fingerprint density at radius 3 is 2.44 bits per heavy atom. The Balaban J connectivity index is 2.18. The zero-order valence-corrected chi connectivity index (χ0v) is 6.82. The molecular formula is C8H14S. The van der Waals surface area contributed by atoms with Crippen LogP contribution in [-0.2, 0) is 0 Å². The maximum Gasteiger partial charge on any atom is 0.0132 e. The Morgan fingerprint density at radius 1 is 1.44 bits per heavy atom. The van der Waals surface area contributed by atoms with Gasteiger partial charge in [-0.25, -0.2) is 0 Å². The van der Waals surface area contributed by atoms with Crippen LogP contribution < -0.4 is 0 Å². The van der Waals surface area contributed by atoms with Crippen molar-refractivity contribution >= 4 is 12.6 Å². The Bertz CT molecular complexity index is 129. The number of fused-ring (bicyclic) bond motifs is 2. The SMILES string of the molecule is CC1(S)CC2CCC1C2. The summed E-state index contributed by atoms with van der Waals surface area (Å²) in [6.45, 7) is 2.31. The maximum atomic E-state index is 4.65. The molecule has 0 aromatic rings. The molecule has 0 nitrogen and oxygen atoms in total. The first kappa shape index (κ1) is 6.09. The molecule has 1 heteroatoms. The van der Waals surface area contributed by atoms with Gasteiger partial charge in [0.1, 0.15) is 0 Å². The number of rotatable bonds is 0. The molecule has 2 aliphatic carbocycles. The lowest BCUT2D eigenvalue weighted by Gasteiger charge is -2.27. The number of hydrogen-bond donors (Lipinski definition) is 1. The van der Waals surface area contributed by atoms with E-state index < -0.39 is 0 Å². The molecule has 0 aliphatic heterocycles. The summed E-state index contributed by atoms with van der Waals surface area (Å²) in [7, 11) is 0. The standard InChI is InChI=1S/C8H14S/c1-8(9)5-6-2-3-7(8)4-6/h6-7,9H,2-5H2,1H3. The molecule has 3 unspecified atom stereocenters. The van der Waals surface area contributed by atoms with Crippen molar-refractivity contribution in [2.45, 2.75) is 37.4 Å². The van der Waals surface area contributed by atoms with E-state index in [1.807, 2.05) is 0 Å². The quantitative estimate of drug-likeness (QED) is 0.494. The molecule has 0 heterocycles. The van der Waals surface area contributed by atoms with Crippen LogP contribution in [0.2, 0.25) is 0 Å². The molecule has 2 aliphatic rings. The lowest BCUT2D eigenvalue weighted by Crippen LogP contribution is -2.24. The highest BCUT2D eigenvalue weighted by Crippen LogP contribution is 2.53. The minimum Gasteiger partial charge on any atom is -0.172 e. The third kappa shape index (κ3) is 0.813. The second kappa shape index (κ2) is 1.69.